The van der Waals surface area contributed by atoms with Gasteiger partial charge in [-0.25, -0.2) is 4.85 Å². The average molecular weight is 282 g/mol. The molecule has 1 heterocycles. The fourth-order valence-corrected chi connectivity index (χ4v) is 2.69. The molecule has 1 aromatic heterocycles. The van der Waals surface area contributed by atoms with Gasteiger partial charge >= 0.3 is 0 Å². The maximum Gasteiger partial charge on any atom is 0.218 e. The fourth-order valence-electron chi connectivity index (χ4n) is 2.16. The first-order valence-electron chi connectivity index (χ1n) is 6.71. The third-order valence-corrected chi connectivity index (χ3v) is 4.10. The van der Waals surface area contributed by atoms with Crippen LogP contribution in [-0.2, 0) is 6.42 Å². The van der Waals surface area contributed by atoms with E-state index in [0.717, 1.165) is 23.6 Å². The highest BCUT2D eigenvalue weighted by molar-refractivity contribution is 7.98. The maximum absolute atomic E-state index is 7.11. The molecule has 3 heteroatoms. The van der Waals surface area contributed by atoms with Gasteiger partial charge in [0.15, 0.2) is 0 Å². The molecular weight excluding hydrogens is 264 g/mol. The van der Waals surface area contributed by atoms with Crippen LogP contribution >= 0.6 is 11.8 Å². The van der Waals surface area contributed by atoms with Crippen LogP contribution in [0.4, 0.5) is 5.69 Å². The summed E-state index contributed by atoms with van der Waals surface area (Å²) in [5.74, 6) is 0.524. The van der Waals surface area contributed by atoms with Crippen molar-refractivity contribution in [1.29, 1.82) is 0 Å². The van der Waals surface area contributed by atoms with Gasteiger partial charge in [0, 0.05) is 5.69 Å². The molecular formula is C17H18N2S. The summed E-state index contributed by atoms with van der Waals surface area (Å²) in [7, 11) is 0. The summed E-state index contributed by atoms with van der Waals surface area (Å²) >= 11 is 1.54. The van der Waals surface area contributed by atoms with Crippen molar-refractivity contribution < 1.29 is 0 Å². The lowest BCUT2D eigenvalue weighted by molar-refractivity contribution is 0.668. The van der Waals surface area contributed by atoms with Crippen molar-refractivity contribution in [1.82, 2.24) is 4.98 Å². The zero-order valence-electron chi connectivity index (χ0n) is 11.8. The highest BCUT2D eigenvalue weighted by Gasteiger charge is 2.08. The summed E-state index contributed by atoms with van der Waals surface area (Å²) in [5, 5.41) is 0.838. The second-order valence-electron chi connectivity index (χ2n) is 4.79. The molecule has 102 valence electrons. The van der Waals surface area contributed by atoms with E-state index >= 15 is 0 Å². The molecule has 20 heavy (non-hydrogen) atoms. The Balaban J connectivity index is 2.03. The third-order valence-electron chi connectivity index (χ3n) is 3.41. The Morgan fingerprint density at radius 1 is 1.20 bits per heavy atom. The quantitative estimate of drug-likeness (QED) is 0.561. The van der Waals surface area contributed by atoms with Gasteiger partial charge in [0.1, 0.15) is 5.03 Å². The van der Waals surface area contributed by atoms with Crippen LogP contribution in [0.3, 0.4) is 0 Å². The zero-order valence-corrected chi connectivity index (χ0v) is 12.7. The zero-order chi connectivity index (χ0) is 14.4. The van der Waals surface area contributed by atoms with Crippen LogP contribution in [0.1, 0.15) is 30.5 Å². The Hall–Kier alpha value is -1.79. The number of aromatic nitrogens is 1. The molecule has 0 aliphatic heterocycles. The summed E-state index contributed by atoms with van der Waals surface area (Å²) in [5.41, 5.74) is 3.09. The number of hydrogen-bond donors (Lipinski definition) is 0. The molecule has 0 bridgehead atoms. The van der Waals surface area contributed by atoms with Crippen molar-refractivity contribution in [3.63, 3.8) is 0 Å². The van der Waals surface area contributed by atoms with E-state index in [1.165, 1.54) is 17.3 Å². The van der Waals surface area contributed by atoms with Crippen molar-refractivity contribution in [2.24, 2.45) is 0 Å². The van der Waals surface area contributed by atoms with Gasteiger partial charge in [-0.05, 0) is 30.6 Å². The second-order valence-corrected chi connectivity index (χ2v) is 5.59. The summed E-state index contributed by atoms with van der Waals surface area (Å²) in [4.78, 5) is 8.07. The fraction of sp³-hybridized carbons (Fsp3) is 0.294. The molecule has 0 radical (unpaired) electrons. The molecule has 0 aliphatic carbocycles. The minimum absolute atomic E-state index is 0.524. The van der Waals surface area contributed by atoms with Crippen molar-refractivity contribution in [2.75, 3.05) is 6.26 Å². The first-order valence-corrected chi connectivity index (χ1v) is 7.93. The molecule has 0 spiro atoms. The SMILES string of the molecule is [C-]#[N+]c1ccc(CC[C@H](C)c2ccccc2)nc1SC. The normalized spacial score (nSPS) is 11.8. The lowest BCUT2D eigenvalue weighted by Gasteiger charge is -2.12. The van der Waals surface area contributed by atoms with E-state index in [-0.39, 0.29) is 0 Å². The number of thioether (sulfide) groups is 1. The predicted octanol–water partition coefficient (Wildman–Crippen LogP) is 5.09. The van der Waals surface area contributed by atoms with Gasteiger partial charge in [-0.2, -0.15) is 0 Å². The van der Waals surface area contributed by atoms with E-state index in [1.807, 2.05) is 24.5 Å². The first kappa shape index (κ1) is 14.6. The second kappa shape index (κ2) is 7.12. The molecule has 1 aromatic carbocycles. The van der Waals surface area contributed by atoms with Crippen LogP contribution in [0.15, 0.2) is 47.5 Å². The van der Waals surface area contributed by atoms with Crippen LogP contribution in [0, 0.1) is 6.57 Å². The summed E-state index contributed by atoms with van der Waals surface area (Å²) < 4.78 is 0. The van der Waals surface area contributed by atoms with Gasteiger partial charge in [0.25, 0.3) is 0 Å². The molecule has 0 unspecified atom stereocenters. The largest absolute Gasteiger partial charge is 0.258 e. The smallest absolute Gasteiger partial charge is 0.218 e. The van der Waals surface area contributed by atoms with Crippen molar-refractivity contribution in [3.05, 3.63) is 65.1 Å². The number of hydrogen-bond acceptors (Lipinski definition) is 2. The van der Waals surface area contributed by atoms with E-state index in [1.54, 1.807) is 0 Å². The highest BCUT2D eigenvalue weighted by atomic mass is 32.2. The van der Waals surface area contributed by atoms with Crippen LogP contribution in [-0.4, -0.2) is 11.2 Å². The maximum atomic E-state index is 7.11. The Morgan fingerprint density at radius 3 is 2.60 bits per heavy atom. The topological polar surface area (TPSA) is 17.2 Å². The Kier molecular flexibility index (Phi) is 5.20. The molecule has 0 aliphatic rings. The summed E-state index contributed by atoms with van der Waals surface area (Å²) in [6.07, 6.45) is 3.98. The van der Waals surface area contributed by atoms with Crippen LogP contribution in [0.25, 0.3) is 4.85 Å². The van der Waals surface area contributed by atoms with Crippen molar-refractivity contribution >= 4 is 17.4 Å². The number of rotatable bonds is 5. The molecule has 0 fully saturated rings. The van der Waals surface area contributed by atoms with E-state index in [0.29, 0.717) is 11.6 Å². The standard InChI is InChI=1S/C17H18N2S/c1-13(14-7-5-4-6-8-14)9-10-15-11-12-16(18-2)17(19-15)20-3/h4-8,11-13H,9-10H2,1,3H3/t13-/m0/s1. The molecule has 1 atom stereocenters. The van der Waals surface area contributed by atoms with Gasteiger partial charge in [0.05, 0.1) is 6.57 Å². The lowest BCUT2D eigenvalue weighted by Crippen LogP contribution is -1.98. The Bertz CT molecular complexity index is 602. The van der Waals surface area contributed by atoms with Crippen molar-refractivity contribution in [2.45, 2.75) is 30.7 Å². The van der Waals surface area contributed by atoms with Crippen LogP contribution in [0.5, 0.6) is 0 Å². The van der Waals surface area contributed by atoms with E-state index < -0.39 is 0 Å². The molecule has 2 rings (SSSR count). The monoisotopic (exact) mass is 282 g/mol. The summed E-state index contributed by atoms with van der Waals surface area (Å²) in [6, 6.07) is 14.4. The van der Waals surface area contributed by atoms with Crippen LogP contribution < -0.4 is 0 Å². The number of benzene rings is 1. The molecule has 0 amide bonds. The van der Waals surface area contributed by atoms with Gasteiger partial charge in [-0.15, -0.1) is 11.8 Å². The van der Waals surface area contributed by atoms with E-state index in [2.05, 4.69) is 41.0 Å². The lowest BCUT2D eigenvalue weighted by atomic mass is 9.95. The highest BCUT2D eigenvalue weighted by Crippen LogP contribution is 2.27. The Morgan fingerprint density at radius 2 is 1.95 bits per heavy atom. The van der Waals surface area contributed by atoms with Gasteiger partial charge in [-0.1, -0.05) is 49.4 Å². The molecule has 0 N–H and O–H groups in total. The minimum atomic E-state index is 0.524. The van der Waals surface area contributed by atoms with Gasteiger partial charge < -0.3 is 0 Å². The number of nitrogens with zero attached hydrogens (tertiary/aromatic N) is 2. The molecule has 0 saturated heterocycles. The average Bonchev–Trinajstić information content (AvgIpc) is 2.53. The van der Waals surface area contributed by atoms with E-state index in [9.17, 15) is 0 Å². The predicted molar refractivity (Wildman–Crippen MR) is 85.5 cm³/mol. The Labute approximate surface area is 125 Å². The van der Waals surface area contributed by atoms with E-state index in [4.69, 9.17) is 6.57 Å². The molecule has 2 aromatic rings. The summed E-state index contributed by atoms with van der Waals surface area (Å²) in [6.45, 7) is 9.36. The third kappa shape index (κ3) is 3.61. The van der Waals surface area contributed by atoms with Gasteiger partial charge in [-0.3, -0.25) is 4.98 Å². The molecule has 0 saturated carbocycles. The first-order chi connectivity index (χ1) is 9.74. The number of pyridine rings is 1. The van der Waals surface area contributed by atoms with Gasteiger partial charge in [0.2, 0.25) is 5.69 Å². The van der Waals surface area contributed by atoms with Crippen LogP contribution in [0.2, 0.25) is 0 Å². The number of aryl methyl sites for hydroxylation is 1. The van der Waals surface area contributed by atoms with Crippen molar-refractivity contribution in [3.8, 4) is 0 Å². The molecule has 2 nitrogen and oxygen atoms in total. The minimum Gasteiger partial charge on any atom is -0.258 e.